The molecule has 2 nitrogen and oxygen atoms in total. The van der Waals surface area contributed by atoms with Gasteiger partial charge in [-0.25, -0.2) is 0 Å². The van der Waals surface area contributed by atoms with E-state index in [-0.39, 0.29) is 0 Å². The molecule has 67 heavy (non-hydrogen) atoms. The quantitative estimate of drug-likeness (QED) is 0.127. The van der Waals surface area contributed by atoms with Gasteiger partial charge in [-0.3, -0.25) is 0 Å². The minimum atomic E-state index is -0.776. The average Bonchev–Trinajstić information content (AvgIpc) is 4.06. The second kappa shape index (κ2) is 14.0. The Morgan fingerprint density at radius 1 is 0.299 bits per heavy atom. The minimum Gasteiger partial charge on any atom is -0.455 e. The van der Waals surface area contributed by atoms with Crippen LogP contribution < -0.4 is 10.4 Å². The summed E-state index contributed by atoms with van der Waals surface area (Å²) in [6, 6.07) is 83.6. The molecular formula is C64H39NOSi. The second-order valence-electron chi connectivity index (χ2n) is 18.4. The van der Waals surface area contributed by atoms with Gasteiger partial charge in [0.25, 0.3) is 0 Å². The van der Waals surface area contributed by atoms with E-state index in [4.69, 9.17) is 4.42 Å². The number of nitrogens with zero attached hydrogens (tertiary/aromatic N) is 1. The van der Waals surface area contributed by atoms with Crippen LogP contribution in [0.5, 0.6) is 0 Å². The summed E-state index contributed by atoms with van der Waals surface area (Å²) >= 11 is 0. The molecule has 0 spiro atoms. The first kappa shape index (κ1) is 36.8. The van der Waals surface area contributed by atoms with Crippen LogP contribution in [0.4, 0.5) is 0 Å². The Morgan fingerprint density at radius 3 is 1.43 bits per heavy atom. The van der Waals surface area contributed by atoms with Gasteiger partial charge < -0.3 is 8.98 Å². The van der Waals surface area contributed by atoms with Crippen LogP contribution in [0.1, 0.15) is 0 Å². The van der Waals surface area contributed by atoms with Gasteiger partial charge in [0.2, 0.25) is 0 Å². The van der Waals surface area contributed by atoms with Crippen molar-refractivity contribution in [1.29, 1.82) is 0 Å². The summed E-state index contributed by atoms with van der Waals surface area (Å²) in [5.74, 6) is 0. The molecule has 3 heterocycles. The number of aromatic nitrogens is 1. The van der Waals surface area contributed by atoms with Crippen LogP contribution in [0, 0.1) is 0 Å². The second-order valence-corrected chi connectivity index (χ2v) is 20.2. The summed E-state index contributed by atoms with van der Waals surface area (Å²) in [5, 5.41) is 18.0. The molecule has 0 saturated carbocycles. The van der Waals surface area contributed by atoms with Crippen LogP contribution in [0.3, 0.4) is 0 Å². The highest BCUT2D eigenvalue weighted by molar-refractivity contribution is 6.73. The third-order valence-corrected chi connectivity index (χ3v) is 16.7. The summed E-state index contributed by atoms with van der Waals surface area (Å²) in [6.07, 6.45) is 0. The summed E-state index contributed by atoms with van der Waals surface area (Å²) in [5.41, 5.74) is 15.6. The predicted octanol–water partition coefficient (Wildman–Crippen LogP) is 15.4. The molecule has 2 aromatic heterocycles. The number of hydrogen-bond donors (Lipinski definition) is 0. The fourth-order valence-electron chi connectivity index (χ4n) is 11.7. The number of furan rings is 1. The largest absolute Gasteiger partial charge is 0.455 e. The van der Waals surface area contributed by atoms with Gasteiger partial charge in [0.1, 0.15) is 11.2 Å². The molecule has 0 amide bonds. The molecule has 0 atom stereocenters. The number of rotatable bonds is 4. The van der Waals surface area contributed by atoms with Gasteiger partial charge in [0, 0.05) is 32.8 Å². The zero-order valence-electron chi connectivity index (χ0n) is 36.4. The van der Waals surface area contributed by atoms with Crippen LogP contribution >= 0.6 is 0 Å². The average molecular weight is 866 g/mol. The Balaban J connectivity index is 0.909. The van der Waals surface area contributed by atoms with Crippen molar-refractivity contribution in [2.75, 3.05) is 0 Å². The van der Waals surface area contributed by atoms with Crippen LogP contribution in [-0.4, -0.2) is 14.1 Å². The van der Waals surface area contributed by atoms with E-state index in [9.17, 15) is 0 Å². The van der Waals surface area contributed by atoms with E-state index in [2.05, 4.69) is 223 Å². The maximum atomic E-state index is 6.49. The molecule has 0 radical (unpaired) electrons. The molecule has 15 rings (SSSR count). The lowest BCUT2D eigenvalue weighted by atomic mass is 9.92. The van der Waals surface area contributed by atoms with Gasteiger partial charge in [-0.15, -0.1) is 0 Å². The van der Waals surface area contributed by atoms with Crippen molar-refractivity contribution in [3.8, 4) is 50.2 Å². The van der Waals surface area contributed by atoms with Gasteiger partial charge >= 0.3 is 0 Å². The van der Waals surface area contributed by atoms with Gasteiger partial charge in [-0.2, -0.15) is 0 Å². The first-order valence-corrected chi connectivity index (χ1v) is 24.7. The highest BCUT2D eigenvalue weighted by Crippen LogP contribution is 2.43. The molecular weight excluding hydrogens is 827 g/mol. The molecule has 0 N–H and O–H groups in total. The van der Waals surface area contributed by atoms with Gasteiger partial charge in [0.15, 0.2) is 0 Å². The maximum absolute atomic E-state index is 6.49. The van der Waals surface area contributed by atoms with Gasteiger partial charge in [-0.1, -0.05) is 180 Å². The number of para-hydroxylation sites is 2. The molecule has 0 bridgehead atoms. The fraction of sp³-hybridized carbons (Fsp3) is 0. The zero-order valence-corrected chi connectivity index (χ0v) is 37.8. The van der Waals surface area contributed by atoms with Crippen molar-refractivity contribution >= 4 is 107 Å². The standard InChI is InChI=1S/C64H39NOSi/c1-3-14-44-38(12-1)32-55(49-18-7-5-16-47(44)49)40-25-30-59-57(34-40)58-35-41(56-33-39-13-2-4-15-45(39)48-17-6-8-19-50(48)56)26-31-60(58)65(59)43-27-29-53-52-28-24-42(36-62(52)67-63(53)37-43)46-21-11-22-54-51-20-9-10-23-61(51)66-64(46)54/h1-37H,67H2. The molecule has 12 aromatic carbocycles. The molecule has 310 valence electrons. The van der Waals surface area contributed by atoms with Crippen molar-refractivity contribution in [3.05, 3.63) is 224 Å². The molecule has 0 aliphatic carbocycles. The number of benzene rings is 12. The van der Waals surface area contributed by atoms with E-state index in [1.165, 1.54) is 125 Å². The van der Waals surface area contributed by atoms with E-state index in [1.54, 1.807) is 0 Å². The summed E-state index contributed by atoms with van der Waals surface area (Å²) < 4.78 is 9.01. The van der Waals surface area contributed by atoms with Crippen molar-refractivity contribution in [1.82, 2.24) is 4.57 Å². The Bertz CT molecular complexity index is 4260. The van der Waals surface area contributed by atoms with Crippen molar-refractivity contribution < 1.29 is 4.42 Å². The Hall–Kier alpha value is -8.50. The Kier molecular flexibility index (Phi) is 7.69. The number of hydrogen-bond acceptors (Lipinski definition) is 1. The molecule has 14 aromatic rings. The third kappa shape index (κ3) is 5.44. The van der Waals surface area contributed by atoms with E-state index in [0.29, 0.717) is 0 Å². The Morgan fingerprint density at radius 2 is 0.791 bits per heavy atom. The van der Waals surface area contributed by atoms with Crippen molar-refractivity contribution in [2.24, 2.45) is 0 Å². The molecule has 3 heteroatoms. The van der Waals surface area contributed by atoms with E-state index >= 15 is 0 Å². The van der Waals surface area contributed by atoms with Crippen LogP contribution in [0.25, 0.3) is 137 Å². The maximum Gasteiger partial charge on any atom is 0.143 e. The summed E-state index contributed by atoms with van der Waals surface area (Å²) in [6.45, 7) is 0. The fourth-order valence-corrected chi connectivity index (χ4v) is 13.7. The third-order valence-electron chi connectivity index (χ3n) is 14.8. The lowest BCUT2D eigenvalue weighted by Gasteiger charge is -2.13. The van der Waals surface area contributed by atoms with Crippen LogP contribution in [0.2, 0.25) is 0 Å². The molecule has 1 aliphatic heterocycles. The minimum absolute atomic E-state index is 0.776. The van der Waals surface area contributed by atoms with E-state index in [1.807, 2.05) is 6.07 Å². The normalized spacial score (nSPS) is 12.8. The lowest BCUT2D eigenvalue weighted by molar-refractivity contribution is 0.670. The SMILES string of the molecule is c1ccc2c(c1)cc(-c1ccc3c(c1)c1cc(-c4cc5ccccc5c5ccccc45)ccc1n3-c1ccc3c(c1)[SiH2]c1cc(-c4cccc5c4oc4ccccc45)ccc1-3)c1ccccc12. The summed E-state index contributed by atoms with van der Waals surface area (Å²) in [7, 11) is -0.776. The first-order valence-electron chi connectivity index (χ1n) is 23.3. The van der Waals surface area contributed by atoms with Gasteiger partial charge in [-0.05, 0) is 137 Å². The summed E-state index contributed by atoms with van der Waals surface area (Å²) in [4.78, 5) is 0. The van der Waals surface area contributed by atoms with Crippen LogP contribution in [-0.2, 0) is 0 Å². The molecule has 1 aliphatic rings. The Labute approximate surface area is 388 Å². The highest BCUT2D eigenvalue weighted by atomic mass is 28.2. The number of fused-ring (bicyclic) bond motifs is 15. The predicted molar refractivity (Wildman–Crippen MR) is 288 cm³/mol. The smallest absolute Gasteiger partial charge is 0.143 e. The van der Waals surface area contributed by atoms with Crippen LogP contribution in [0.15, 0.2) is 229 Å². The monoisotopic (exact) mass is 865 g/mol. The zero-order chi connectivity index (χ0) is 43.7. The molecule has 0 fully saturated rings. The van der Waals surface area contributed by atoms with E-state index in [0.717, 1.165) is 22.1 Å². The highest BCUT2D eigenvalue weighted by Gasteiger charge is 2.23. The topological polar surface area (TPSA) is 18.1 Å². The lowest BCUT2D eigenvalue weighted by Crippen LogP contribution is -2.21. The molecule has 0 saturated heterocycles. The van der Waals surface area contributed by atoms with Gasteiger partial charge in [0.05, 0.1) is 20.6 Å². The van der Waals surface area contributed by atoms with Crippen molar-refractivity contribution in [3.63, 3.8) is 0 Å². The first-order chi connectivity index (χ1) is 33.2. The van der Waals surface area contributed by atoms with E-state index < -0.39 is 9.52 Å². The van der Waals surface area contributed by atoms with Crippen molar-refractivity contribution in [2.45, 2.75) is 0 Å². The molecule has 0 unspecified atom stereocenters.